The van der Waals surface area contributed by atoms with Gasteiger partial charge >= 0.3 is 0 Å². The van der Waals surface area contributed by atoms with Crippen molar-refractivity contribution in [2.45, 2.75) is 13.0 Å². The van der Waals surface area contributed by atoms with Crippen molar-refractivity contribution >= 4 is 11.6 Å². The summed E-state index contributed by atoms with van der Waals surface area (Å²) >= 11 is 0. The molecule has 5 heteroatoms. The van der Waals surface area contributed by atoms with Gasteiger partial charge in [0.25, 0.3) is 0 Å². The van der Waals surface area contributed by atoms with Gasteiger partial charge in [-0.25, -0.2) is 4.39 Å². The van der Waals surface area contributed by atoms with E-state index in [-0.39, 0.29) is 11.7 Å². The topological polar surface area (TPSA) is 46.9 Å². The zero-order valence-electron chi connectivity index (χ0n) is 12.4. The van der Waals surface area contributed by atoms with Crippen molar-refractivity contribution in [3.05, 3.63) is 83.9 Å². The molecule has 0 spiro atoms. The standard InChI is InChI=1S/C18H16FN3O/c19-17-9-5-4-8-15(17)12-22-13-16(11-20-22)21-18(23)10-14-6-2-1-3-7-14/h1-9,11,13H,10,12H2,(H,21,23). The van der Waals surface area contributed by atoms with E-state index < -0.39 is 0 Å². The fraction of sp³-hybridized carbons (Fsp3) is 0.111. The lowest BCUT2D eigenvalue weighted by atomic mass is 10.1. The third-order valence-corrected chi connectivity index (χ3v) is 3.41. The van der Waals surface area contributed by atoms with Crippen LogP contribution in [0.25, 0.3) is 0 Å². The van der Waals surface area contributed by atoms with Gasteiger partial charge in [0.2, 0.25) is 5.91 Å². The van der Waals surface area contributed by atoms with Gasteiger partial charge < -0.3 is 5.32 Å². The molecule has 116 valence electrons. The van der Waals surface area contributed by atoms with Crippen molar-refractivity contribution in [1.82, 2.24) is 9.78 Å². The van der Waals surface area contributed by atoms with E-state index >= 15 is 0 Å². The number of carbonyl (C=O) groups is 1. The monoisotopic (exact) mass is 309 g/mol. The number of rotatable bonds is 5. The molecule has 1 aromatic heterocycles. The quantitative estimate of drug-likeness (QED) is 0.786. The second-order valence-corrected chi connectivity index (χ2v) is 5.23. The van der Waals surface area contributed by atoms with E-state index in [0.29, 0.717) is 24.2 Å². The molecule has 0 radical (unpaired) electrons. The van der Waals surface area contributed by atoms with Gasteiger partial charge in [-0.15, -0.1) is 0 Å². The summed E-state index contributed by atoms with van der Waals surface area (Å²) in [7, 11) is 0. The van der Waals surface area contributed by atoms with Crippen LogP contribution >= 0.6 is 0 Å². The largest absolute Gasteiger partial charge is 0.323 e. The first kappa shape index (κ1) is 15.0. The first-order chi connectivity index (χ1) is 11.2. The van der Waals surface area contributed by atoms with Crippen LogP contribution in [0.1, 0.15) is 11.1 Å². The van der Waals surface area contributed by atoms with Gasteiger partial charge in [0.1, 0.15) is 5.82 Å². The number of nitrogens with one attached hydrogen (secondary N) is 1. The normalized spacial score (nSPS) is 10.5. The minimum Gasteiger partial charge on any atom is -0.323 e. The van der Waals surface area contributed by atoms with Gasteiger partial charge in [0.15, 0.2) is 0 Å². The van der Waals surface area contributed by atoms with E-state index in [9.17, 15) is 9.18 Å². The summed E-state index contributed by atoms with van der Waals surface area (Å²) in [5.41, 5.74) is 2.10. The number of anilines is 1. The molecule has 0 atom stereocenters. The lowest BCUT2D eigenvalue weighted by Gasteiger charge is -2.04. The Bertz CT molecular complexity index is 799. The summed E-state index contributed by atoms with van der Waals surface area (Å²) in [6, 6.07) is 16.1. The summed E-state index contributed by atoms with van der Waals surface area (Å²) in [5, 5.41) is 6.94. The lowest BCUT2D eigenvalue weighted by molar-refractivity contribution is -0.115. The maximum Gasteiger partial charge on any atom is 0.228 e. The number of aromatic nitrogens is 2. The molecule has 1 amide bonds. The van der Waals surface area contributed by atoms with E-state index in [0.717, 1.165) is 5.56 Å². The fourth-order valence-electron chi connectivity index (χ4n) is 2.30. The molecule has 3 rings (SSSR count). The predicted molar refractivity (Wildman–Crippen MR) is 86.5 cm³/mol. The van der Waals surface area contributed by atoms with Crippen molar-refractivity contribution in [1.29, 1.82) is 0 Å². The average molecular weight is 309 g/mol. The second-order valence-electron chi connectivity index (χ2n) is 5.23. The van der Waals surface area contributed by atoms with Crippen LogP contribution in [0, 0.1) is 5.82 Å². The van der Waals surface area contributed by atoms with Crippen LogP contribution in [-0.4, -0.2) is 15.7 Å². The summed E-state index contributed by atoms with van der Waals surface area (Å²) in [6.07, 6.45) is 3.55. The van der Waals surface area contributed by atoms with Gasteiger partial charge in [-0.2, -0.15) is 5.10 Å². The van der Waals surface area contributed by atoms with Crippen LogP contribution < -0.4 is 5.32 Å². The molecule has 2 aromatic carbocycles. The van der Waals surface area contributed by atoms with Crippen molar-refractivity contribution < 1.29 is 9.18 Å². The van der Waals surface area contributed by atoms with Crippen LogP contribution in [-0.2, 0) is 17.8 Å². The molecule has 0 aliphatic carbocycles. The van der Waals surface area contributed by atoms with Crippen molar-refractivity contribution in [3.8, 4) is 0 Å². The number of nitrogens with zero attached hydrogens (tertiary/aromatic N) is 2. The SMILES string of the molecule is O=C(Cc1ccccc1)Nc1cnn(Cc2ccccc2F)c1. The van der Waals surface area contributed by atoms with Crippen molar-refractivity contribution in [2.24, 2.45) is 0 Å². The Hall–Kier alpha value is -2.95. The summed E-state index contributed by atoms with van der Waals surface area (Å²) in [5.74, 6) is -0.376. The van der Waals surface area contributed by atoms with Gasteiger partial charge in [0, 0.05) is 11.8 Å². The third kappa shape index (κ3) is 4.03. The highest BCUT2D eigenvalue weighted by molar-refractivity contribution is 5.91. The van der Waals surface area contributed by atoms with Gasteiger partial charge in [-0.1, -0.05) is 48.5 Å². The number of hydrogen-bond acceptors (Lipinski definition) is 2. The molecule has 0 bridgehead atoms. The third-order valence-electron chi connectivity index (χ3n) is 3.41. The zero-order chi connectivity index (χ0) is 16.1. The number of carbonyl (C=O) groups excluding carboxylic acids is 1. The number of amides is 1. The maximum absolute atomic E-state index is 13.6. The van der Waals surface area contributed by atoms with E-state index in [2.05, 4.69) is 10.4 Å². The maximum atomic E-state index is 13.6. The Morgan fingerprint density at radius 3 is 2.61 bits per heavy atom. The lowest BCUT2D eigenvalue weighted by Crippen LogP contribution is -2.13. The second kappa shape index (κ2) is 6.87. The summed E-state index contributed by atoms with van der Waals surface area (Å²) in [4.78, 5) is 12.0. The summed E-state index contributed by atoms with van der Waals surface area (Å²) in [6.45, 7) is 0.321. The molecule has 0 fully saturated rings. The average Bonchev–Trinajstić information content (AvgIpc) is 2.97. The minimum atomic E-state index is -0.266. The van der Waals surface area contributed by atoms with Gasteiger partial charge in [0.05, 0.1) is 24.8 Å². The molecule has 0 aliphatic rings. The fourth-order valence-corrected chi connectivity index (χ4v) is 2.30. The van der Waals surface area contributed by atoms with Crippen LogP contribution in [0.5, 0.6) is 0 Å². The molecular formula is C18H16FN3O. The predicted octanol–water partition coefficient (Wildman–Crippen LogP) is 3.25. The zero-order valence-corrected chi connectivity index (χ0v) is 12.4. The van der Waals surface area contributed by atoms with Gasteiger partial charge in [-0.05, 0) is 11.6 Å². The Morgan fingerprint density at radius 2 is 1.83 bits per heavy atom. The Labute approximate surface area is 133 Å². The highest BCUT2D eigenvalue weighted by atomic mass is 19.1. The molecular weight excluding hydrogens is 293 g/mol. The molecule has 23 heavy (non-hydrogen) atoms. The van der Waals surface area contributed by atoms with E-state index in [1.807, 2.05) is 30.3 Å². The highest BCUT2D eigenvalue weighted by Crippen LogP contribution is 2.11. The van der Waals surface area contributed by atoms with E-state index in [1.165, 1.54) is 6.07 Å². The molecule has 1 heterocycles. The van der Waals surface area contributed by atoms with E-state index in [4.69, 9.17) is 0 Å². The molecule has 0 saturated carbocycles. The molecule has 0 aliphatic heterocycles. The van der Waals surface area contributed by atoms with Gasteiger partial charge in [-0.3, -0.25) is 9.48 Å². The highest BCUT2D eigenvalue weighted by Gasteiger charge is 2.07. The number of halogens is 1. The van der Waals surface area contributed by atoms with Crippen LogP contribution in [0.15, 0.2) is 67.0 Å². The number of hydrogen-bond donors (Lipinski definition) is 1. The van der Waals surface area contributed by atoms with Crippen LogP contribution in [0.2, 0.25) is 0 Å². The first-order valence-corrected chi connectivity index (χ1v) is 7.30. The smallest absolute Gasteiger partial charge is 0.228 e. The Balaban J connectivity index is 1.61. The molecule has 3 aromatic rings. The molecule has 1 N–H and O–H groups in total. The van der Waals surface area contributed by atoms with Crippen LogP contribution in [0.3, 0.4) is 0 Å². The first-order valence-electron chi connectivity index (χ1n) is 7.30. The Morgan fingerprint density at radius 1 is 1.09 bits per heavy atom. The van der Waals surface area contributed by atoms with E-state index in [1.54, 1.807) is 35.3 Å². The molecule has 4 nitrogen and oxygen atoms in total. The Kier molecular flexibility index (Phi) is 4.47. The van der Waals surface area contributed by atoms with Crippen molar-refractivity contribution in [2.75, 3.05) is 5.32 Å². The number of benzene rings is 2. The minimum absolute atomic E-state index is 0.110. The molecule has 0 saturated heterocycles. The molecule has 0 unspecified atom stereocenters. The van der Waals surface area contributed by atoms with Crippen LogP contribution in [0.4, 0.5) is 10.1 Å². The van der Waals surface area contributed by atoms with Crippen molar-refractivity contribution in [3.63, 3.8) is 0 Å². The summed E-state index contributed by atoms with van der Waals surface area (Å²) < 4.78 is 15.2.